The van der Waals surface area contributed by atoms with Gasteiger partial charge < -0.3 is 19.5 Å². The fraction of sp³-hybridized carbons (Fsp3) is 0.480. The quantitative estimate of drug-likeness (QED) is 0.462. The lowest BCUT2D eigenvalue weighted by Gasteiger charge is -2.26. The van der Waals surface area contributed by atoms with Crippen LogP contribution in [0.5, 0.6) is 11.5 Å². The number of anilines is 1. The Labute approximate surface area is 223 Å². The molecule has 0 saturated carbocycles. The lowest BCUT2D eigenvalue weighted by atomic mass is 10.1. The number of benzene rings is 2. The van der Waals surface area contributed by atoms with Crippen LogP contribution in [0, 0.1) is 0 Å². The zero-order chi connectivity index (χ0) is 27.3. The topological polar surface area (TPSA) is 132 Å². The van der Waals surface area contributed by atoms with E-state index in [-0.39, 0.29) is 47.3 Å². The second-order valence-corrected chi connectivity index (χ2v) is 12.9. The molecule has 2 aromatic rings. The van der Waals surface area contributed by atoms with Crippen LogP contribution in [0.1, 0.15) is 24.8 Å². The van der Waals surface area contributed by atoms with E-state index in [0.717, 1.165) is 12.8 Å². The number of nitrogens with zero attached hydrogens (tertiary/aromatic N) is 2. The standard InChI is InChI=1S/C25H33N3O8S2/c1-34-23-8-6-20(37(30,31)28-13-15-36-16-14-28)17-19(23)5-10-25(29)26-22-18-21(7-9-24(22)35-2)38(32,33)27-11-3-4-12-27/h6-9,17-18H,3-5,10-16H2,1-2H3,(H,26,29). The number of hydrogen-bond acceptors (Lipinski definition) is 8. The van der Waals surface area contributed by atoms with Gasteiger partial charge in [0.2, 0.25) is 26.0 Å². The Morgan fingerprint density at radius 1 is 0.842 bits per heavy atom. The molecule has 208 valence electrons. The molecule has 2 fully saturated rings. The number of amides is 1. The Kier molecular flexibility index (Phi) is 8.93. The van der Waals surface area contributed by atoms with Gasteiger partial charge >= 0.3 is 0 Å². The molecule has 4 rings (SSSR count). The molecule has 2 saturated heterocycles. The average molecular weight is 568 g/mol. The van der Waals surface area contributed by atoms with E-state index in [2.05, 4.69) is 5.32 Å². The highest BCUT2D eigenvalue weighted by Crippen LogP contribution is 2.31. The number of carbonyl (C=O) groups excluding carboxylic acids is 1. The minimum Gasteiger partial charge on any atom is -0.496 e. The number of morpholine rings is 1. The summed E-state index contributed by atoms with van der Waals surface area (Å²) in [5.41, 5.74) is 0.808. The summed E-state index contributed by atoms with van der Waals surface area (Å²) in [6.07, 6.45) is 1.84. The average Bonchev–Trinajstić information content (AvgIpc) is 3.48. The Hall–Kier alpha value is -2.71. The molecule has 13 heteroatoms. The third-order valence-electron chi connectivity index (χ3n) is 6.63. The van der Waals surface area contributed by atoms with Gasteiger partial charge in [0.1, 0.15) is 11.5 Å². The summed E-state index contributed by atoms with van der Waals surface area (Å²) in [5, 5.41) is 2.74. The van der Waals surface area contributed by atoms with Gasteiger partial charge in [-0.05, 0) is 61.2 Å². The van der Waals surface area contributed by atoms with E-state index in [1.807, 2.05) is 0 Å². The first-order valence-corrected chi connectivity index (χ1v) is 15.3. The van der Waals surface area contributed by atoms with Crippen LogP contribution < -0.4 is 14.8 Å². The molecule has 0 spiro atoms. The van der Waals surface area contributed by atoms with Crippen LogP contribution >= 0.6 is 0 Å². The second kappa shape index (κ2) is 12.0. The van der Waals surface area contributed by atoms with Crippen molar-refractivity contribution in [3.63, 3.8) is 0 Å². The van der Waals surface area contributed by atoms with Crippen molar-refractivity contribution < 1.29 is 35.8 Å². The van der Waals surface area contributed by atoms with Crippen molar-refractivity contribution in [1.29, 1.82) is 0 Å². The summed E-state index contributed by atoms with van der Waals surface area (Å²) in [7, 11) is -4.47. The van der Waals surface area contributed by atoms with Crippen molar-refractivity contribution in [1.82, 2.24) is 8.61 Å². The first-order chi connectivity index (χ1) is 18.2. The molecule has 2 aliphatic rings. The van der Waals surface area contributed by atoms with E-state index in [0.29, 0.717) is 43.4 Å². The van der Waals surface area contributed by atoms with E-state index in [4.69, 9.17) is 14.2 Å². The maximum absolute atomic E-state index is 13.1. The molecule has 0 atom stereocenters. The van der Waals surface area contributed by atoms with E-state index < -0.39 is 20.0 Å². The number of aryl methyl sites for hydroxylation is 1. The molecule has 38 heavy (non-hydrogen) atoms. The second-order valence-electron chi connectivity index (χ2n) is 9.01. The van der Waals surface area contributed by atoms with Crippen molar-refractivity contribution in [2.45, 2.75) is 35.5 Å². The minimum absolute atomic E-state index is 0.00364. The van der Waals surface area contributed by atoms with Gasteiger partial charge in [0.25, 0.3) is 0 Å². The molecule has 1 amide bonds. The predicted molar refractivity (Wildman–Crippen MR) is 141 cm³/mol. The maximum atomic E-state index is 13.1. The first-order valence-electron chi connectivity index (χ1n) is 12.4. The van der Waals surface area contributed by atoms with Crippen molar-refractivity contribution >= 4 is 31.6 Å². The van der Waals surface area contributed by atoms with E-state index in [1.54, 1.807) is 6.07 Å². The largest absolute Gasteiger partial charge is 0.496 e. The lowest BCUT2D eigenvalue weighted by molar-refractivity contribution is -0.116. The fourth-order valence-corrected chi connectivity index (χ4v) is 7.53. The van der Waals surface area contributed by atoms with Crippen molar-refractivity contribution in [3.8, 4) is 11.5 Å². The molecule has 0 bridgehead atoms. The summed E-state index contributed by atoms with van der Waals surface area (Å²) in [4.78, 5) is 13.1. The van der Waals surface area contributed by atoms with Crippen LogP contribution in [0.25, 0.3) is 0 Å². The van der Waals surface area contributed by atoms with Crippen LogP contribution in [-0.2, 0) is 36.0 Å². The molecule has 2 heterocycles. The molecule has 0 aliphatic carbocycles. The molecular weight excluding hydrogens is 534 g/mol. The highest BCUT2D eigenvalue weighted by atomic mass is 32.2. The molecule has 0 unspecified atom stereocenters. The number of sulfonamides is 2. The third kappa shape index (κ3) is 6.12. The Morgan fingerprint density at radius 3 is 2.00 bits per heavy atom. The van der Waals surface area contributed by atoms with Gasteiger partial charge in [-0.1, -0.05) is 0 Å². The fourth-order valence-electron chi connectivity index (χ4n) is 4.53. The summed E-state index contributed by atoms with van der Waals surface area (Å²) >= 11 is 0. The smallest absolute Gasteiger partial charge is 0.243 e. The Morgan fingerprint density at radius 2 is 1.39 bits per heavy atom. The summed E-state index contributed by atoms with van der Waals surface area (Å²) < 4.78 is 70.9. The van der Waals surface area contributed by atoms with Crippen LogP contribution in [0.2, 0.25) is 0 Å². The summed E-state index contributed by atoms with van der Waals surface area (Å²) in [5.74, 6) is 0.410. The number of carbonyl (C=O) groups is 1. The van der Waals surface area contributed by atoms with E-state index >= 15 is 0 Å². The van der Waals surface area contributed by atoms with Crippen LogP contribution in [0.3, 0.4) is 0 Å². The van der Waals surface area contributed by atoms with Gasteiger partial charge in [-0.15, -0.1) is 0 Å². The van der Waals surface area contributed by atoms with E-state index in [1.165, 1.54) is 53.2 Å². The molecule has 0 radical (unpaired) electrons. The van der Waals surface area contributed by atoms with E-state index in [9.17, 15) is 21.6 Å². The van der Waals surface area contributed by atoms with Crippen molar-refractivity contribution in [2.75, 3.05) is 58.9 Å². The SMILES string of the molecule is COc1ccc(S(=O)(=O)N2CCOCC2)cc1CCC(=O)Nc1cc(S(=O)(=O)N2CCCC2)ccc1OC. The summed E-state index contributed by atoms with van der Waals surface area (Å²) in [6, 6.07) is 8.98. The van der Waals surface area contributed by atoms with Gasteiger partial charge in [0, 0.05) is 32.6 Å². The van der Waals surface area contributed by atoms with Crippen LogP contribution in [0.4, 0.5) is 5.69 Å². The number of nitrogens with one attached hydrogen (secondary N) is 1. The number of hydrogen-bond donors (Lipinski definition) is 1. The minimum atomic E-state index is -3.71. The third-order valence-corrected chi connectivity index (χ3v) is 10.4. The highest BCUT2D eigenvalue weighted by molar-refractivity contribution is 7.89. The van der Waals surface area contributed by atoms with Gasteiger partial charge in [-0.25, -0.2) is 16.8 Å². The molecule has 0 aromatic heterocycles. The normalized spacial score (nSPS) is 17.3. The van der Waals surface area contributed by atoms with Crippen LogP contribution in [-0.4, -0.2) is 85.0 Å². The van der Waals surface area contributed by atoms with Gasteiger partial charge in [-0.2, -0.15) is 8.61 Å². The van der Waals surface area contributed by atoms with Crippen molar-refractivity contribution in [2.24, 2.45) is 0 Å². The van der Waals surface area contributed by atoms with Gasteiger partial charge in [0.15, 0.2) is 0 Å². The monoisotopic (exact) mass is 567 g/mol. The first kappa shape index (κ1) is 28.3. The maximum Gasteiger partial charge on any atom is 0.243 e. The van der Waals surface area contributed by atoms with Crippen LogP contribution in [0.15, 0.2) is 46.2 Å². The van der Waals surface area contributed by atoms with Gasteiger partial charge in [0.05, 0.1) is 42.9 Å². The van der Waals surface area contributed by atoms with Gasteiger partial charge in [-0.3, -0.25) is 4.79 Å². The zero-order valence-corrected chi connectivity index (χ0v) is 23.1. The zero-order valence-electron chi connectivity index (χ0n) is 21.5. The number of ether oxygens (including phenoxy) is 3. The molecule has 2 aliphatic heterocycles. The number of methoxy groups -OCH3 is 2. The Balaban J connectivity index is 1.49. The Bertz CT molecular complexity index is 1370. The van der Waals surface area contributed by atoms with Crippen molar-refractivity contribution in [3.05, 3.63) is 42.0 Å². The molecule has 11 nitrogen and oxygen atoms in total. The lowest BCUT2D eigenvalue weighted by Crippen LogP contribution is -2.40. The summed E-state index contributed by atoms with van der Waals surface area (Å²) in [6.45, 7) is 2.18. The molecule has 2 aromatic carbocycles. The highest BCUT2D eigenvalue weighted by Gasteiger charge is 2.29. The number of rotatable bonds is 10. The molecule has 1 N–H and O–H groups in total. The predicted octanol–water partition coefficient (Wildman–Crippen LogP) is 2.08. The molecular formula is C25H33N3O8S2.